The Kier molecular flexibility index (Phi) is 4.53. The molecule has 0 bridgehead atoms. The molecule has 98 valence electrons. The van der Waals surface area contributed by atoms with Crippen LogP contribution < -0.4 is 15.8 Å². The standard InChI is InChI=1S/C12H16N2O4/c1-7(11(15)14-2)18-12(16)9-6-8(13)4-5-10(9)17-3/h4-7H,13H2,1-3H3,(H,14,15). The van der Waals surface area contributed by atoms with E-state index in [1.165, 1.54) is 27.1 Å². The molecule has 1 aromatic rings. The maximum Gasteiger partial charge on any atom is 0.342 e. The van der Waals surface area contributed by atoms with Gasteiger partial charge in [-0.15, -0.1) is 0 Å². The zero-order chi connectivity index (χ0) is 13.7. The molecule has 3 N–H and O–H groups in total. The number of hydrogen-bond donors (Lipinski definition) is 2. The summed E-state index contributed by atoms with van der Waals surface area (Å²) in [6, 6.07) is 4.62. The summed E-state index contributed by atoms with van der Waals surface area (Å²) in [4.78, 5) is 23.1. The monoisotopic (exact) mass is 252 g/mol. The number of likely N-dealkylation sites (N-methyl/N-ethyl adjacent to an activating group) is 1. The van der Waals surface area contributed by atoms with Gasteiger partial charge < -0.3 is 20.5 Å². The molecule has 1 unspecified atom stereocenters. The third-order valence-electron chi connectivity index (χ3n) is 2.34. The van der Waals surface area contributed by atoms with E-state index in [2.05, 4.69) is 5.32 Å². The highest BCUT2D eigenvalue weighted by Crippen LogP contribution is 2.22. The van der Waals surface area contributed by atoms with Crippen LogP contribution in [0, 0.1) is 0 Å². The van der Waals surface area contributed by atoms with Crippen molar-refractivity contribution in [2.45, 2.75) is 13.0 Å². The van der Waals surface area contributed by atoms with Gasteiger partial charge in [0.2, 0.25) is 0 Å². The molecule has 0 heterocycles. The molecule has 0 aromatic heterocycles. The van der Waals surface area contributed by atoms with Gasteiger partial charge in [0.1, 0.15) is 11.3 Å². The zero-order valence-electron chi connectivity index (χ0n) is 10.5. The van der Waals surface area contributed by atoms with E-state index in [9.17, 15) is 9.59 Å². The fourth-order valence-corrected chi connectivity index (χ4v) is 1.37. The first-order chi connectivity index (χ1) is 8.49. The highest BCUT2D eigenvalue weighted by atomic mass is 16.5. The van der Waals surface area contributed by atoms with E-state index in [0.29, 0.717) is 11.4 Å². The van der Waals surface area contributed by atoms with Crippen molar-refractivity contribution in [3.05, 3.63) is 23.8 Å². The molecule has 18 heavy (non-hydrogen) atoms. The number of amides is 1. The first kappa shape index (κ1) is 13.8. The number of anilines is 1. The summed E-state index contributed by atoms with van der Waals surface area (Å²) in [6.07, 6.45) is -0.881. The van der Waals surface area contributed by atoms with Crippen molar-refractivity contribution in [1.82, 2.24) is 5.32 Å². The van der Waals surface area contributed by atoms with E-state index in [-0.39, 0.29) is 11.5 Å². The van der Waals surface area contributed by atoms with E-state index in [1.807, 2.05) is 0 Å². The highest BCUT2D eigenvalue weighted by Gasteiger charge is 2.20. The third-order valence-corrected chi connectivity index (χ3v) is 2.34. The van der Waals surface area contributed by atoms with Crippen molar-refractivity contribution in [2.75, 3.05) is 19.9 Å². The number of ether oxygens (including phenoxy) is 2. The van der Waals surface area contributed by atoms with Gasteiger partial charge in [-0.05, 0) is 25.1 Å². The lowest BCUT2D eigenvalue weighted by molar-refractivity contribution is -0.128. The van der Waals surface area contributed by atoms with Crippen LogP contribution in [0.5, 0.6) is 5.75 Å². The second-order valence-electron chi connectivity index (χ2n) is 3.62. The Bertz CT molecular complexity index is 459. The maximum absolute atomic E-state index is 11.9. The molecule has 0 aliphatic rings. The topological polar surface area (TPSA) is 90.7 Å². The molecular weight excluding hydrogens is 236 g/mol. The molecule has 0 aliphatic heterocycles. The SMILES string of the molecule is CNC(=O)C(C)OC(=O)c1cc(N)ccc1OC. The largest absolute Gasteiger partial charge is 0.496 e. The summed E-state index contributed by atoms with van der Waals surface area (Å²) in [7, 11) is 2.90. The average molecular weight is 252 g/mol. The molecule has 6 nitrogen and oxygen atoms in total. The van der Waals surface area contributed by atoms with Gasteiger partial charge in [-0.1, -0.05) is 0 Å². The van der Waals surface area contributed by atoms with Crippen LogP contribution in [0.1, 0.15) is 17.3 Å². The summed E-state index contributed by atoms with van der Waals surface area (Å²) in [5.41, 5.74) is 6.19. The van der Waals surface area contributed by atoms with Crippen LogP contribution in [0.2, 0.25) is 0 Å². The number of nitrogens with one attached hydrogen (secondary N) is 1. The molecule has 0 saturated heterocycles. The molecular formula is C12H16N2O4. The molecule has 0 spiro atoms. The number of benzene rings is 1. The van der Waals surface area contributed by atoms with Gasteiger partial charge >= 0.3 is 5.97 Å². The van der Waals surface area contributed by atoms with E-state index in [4.69, 9.17) is 15.2 Å². The fourth-order valence-electron chi connectivity index (χ4n) is 1.37. The molecule has 1 rings (SSSR count). The Morgan fingerprint density at radius 3 is 2.61 bits per heavy atom. The normalized spacial score (nSPS) is 11.5. The first-order valence-electron chi connectivity index (χ1n) is 5.35. The number of carbonyl (C=O) groups is 2. The van der Waals surface area contributed by atoms with Gasteiger partial charge in [-0.2, -0.15) is 0 Å². The summed E-state index contributed by atoms with van der Waals surface area (Å²) >= 11 is 0. The minimum atomic E-state index is -0.881. The van der Waals surface area contributed by atoms with Crippen LogP contribution in [0.15, 0.2) is 18.2 Å². The van der Waals surface area contributed by atoms with Crippen LogP contribution in [0.3, 0.4) is 0 Å². The van der Waals surface area contributed by atoms with Gasteiger partial charge in [0.25, 0.3) is 5.91 Å². The Hall–Kier alpha value is -2.24. The maximum atomic E-state index is 11.9. The van der Waals surface area contributed by atoms with Crippen molar-refractivity contribution in [2.24, 2.45) is 0 Å². The van der Waals surface area contributed by atoms with Crippen LogP contribution in [-0.4, -0.2) is 32.1 Å². The van der Waals surface area contributed by atoms with Gasteiger partial charge in [-0.25, -0.2) is 4.79 Å². The van der Waals surface area contributed by atoms with Crippen molar-refractivity contribution in [3.63, 3.8) is 0 Å². The number of esters is 1. The van der Waals surface area contributed by atoms with Gasteiger partial charge in [0.15, 0.2) is 6.10 Å². The Balaban J connectivity index is 2.90. The fraction of sp³-hybridized carbons (Fsp3) is 0.333. The number of rotatable bonds is 4. The Morgan fingerprint density at radius 2 is 2.06 bits per heavy atom. The van der Waals surface area contributed by atoms with Crippen LogP contribution in [0.25, 0.3) is 0 Å². The average Bonchev–Trinajstić information content (AvgIpc) is 2.37. The number of methoxy groups -OCH3 is 1. The summed E-state index contributed by atoms with van der Waals surface area (Å²) in [5.74, 6) is -0.695. The molecule has 0 radical (unpaired) electrons. The Labute approximate surface area is 105 Å². The minimum absolute atomic E-state index is 0.188. The lowest BCUT2D eigenvalue weighted by Crippen LogP contribution is -2.33. The lowest BCUT2D eigenvalue weighted by atomic mass is 10.2. The van der Waals surface area contributed by atoms with E-state index in [1.54, 1.807) is 12.1 Å². The van der Waals surface area contributed by atoms with Crippen LogP contribution in [0.4, 0.5) is 5.69 Å². The molecule has 1 atom stereocenters. The zero-order valence-corrected chi connectivity index (χ0v) is 10.5. The predicted molar refractivity (Wildman–Crippen MR) is 66.4 cm³/mol. The molecule has 0 aliphatic carbocycles. The van der Waals surface area contributed by atoms with Crippen LogP contribution >= 0.6 is 0 Å². The van der Waals surface area contributed by atoms with Crippen molar-refractivity contribution in [1.29, 1.82) is 0 Å². The molecule has 1 amide bonds. The highest BCUT2D eigenvalue weighted by molar-refractivity contribution is 5.95. The van der Waals surface area contributed by atoms with Gasteiger partial charge in [0.05, 0.1) is 7.11 Å². The molecule has 6 heteroatoms. The van der Waals surface area contributed by atoms with Gasteiger partial charge in [0, 0.05) is 12.7 Å². The van der Waals surface area contributed by atoms with E-state index >= 15 is 0 Å². The van der Waals surface area contributed by atoms with Crippen molar-refractivity contribution in [3.8, 4) is 5.75 Å². The number of hydrogen-bond acceptors (Lipinski definition) is 5. The lowest BCUT2D eigenvalue weighted by Gasteiger charge is -2.13. The Morgan fingerprint density at radius 1 is 1.39 bits per heavy atom. The smallest absolute Gasteiger partial charge is 0.342 e. The van der Waals surface area contributed by atoms with E-state index < -0.39 is 12.1 Å². The van der Waals surface area contributed by atoms with Crippen molar-refractivity contribution < 1.29 is 19.1 Å². The van der Waals surface area contributed by atoms with E-state index in [0.717, 1.165) is 0 Å². The summed E-state index contributed by atoms with van der Waals surface area (Å²) in [5, 5.41) is 2.39. The molecule has 0 saturated carbocycles. The van der Waals surface area contributed by atoms with Crippen molar-refractivity contribution >= 4 is 17.6 Å². The number of nitrogens with two attached hydrogens (primary N) is 1. The molecule has 1 aromatic carbocycles. The predicted octanol–water partition coefficient (Wildman–Crippen LogP) is 0.569. The van der Waals surface area contributed by atoms with Gasteiger partial charge in [-0.3, -0.25) is 4.79 Å². The van der Waals surface area contributed by atoms with Crippen LogP contribution in [-0.2, 0) is 9.53 Å². The molecule has 0 fully saturated rings. The third kappa shape index (κ3) is 3.13. The second kappa shape index (κ2) is 5.90. The number of nitrogen functional groups attached to an aromatic ring is 1. The summed E-state index contributed by atoms with van der Waals surface area (Å²) < 4.78 is 10.0. The minimum Gasteiger partial charge on any atom is -0.496 e. The number of carbonyl (C=O) groups excluding carboxylic acids is 2. The first-order valence-corrected chi connectivity index (χ1v) is 5.35. The quantitative estimate of drug-likeness (QED) is 0.604. The second-order valence-corrected chi connectivity index (χ2v) is 3.62. The summed E-state index contributed by atoms with van der Waals surface area (Å²) in [6.45, 7) is 1.48.